The van der Waals surface area contributed by atoms with Gasteiger partial charge in [0.25, 0.3) is 0 Å². The summed E-state index contributed by atoms with van der Waals surface area (Å²) in [7, 11) is 1.28. The molecule has 0 spiro atoms. The van der Waals surface area contributed by atoms with Gasteiger partial charge in [0.15, 0.2) is 6.29 Å². The van der Waals surface area contributed by atoms with E-state index in [1.54, 1.807) is 18.2 Å². The summed E-state index contributed by atoms with van der Waals surface area (Å²) in [5.74, 6) is -0.533. The summed E-state index contributed by atoms with van der Waals surface area (Å²) >= 11 is 0. The average molecular weight is 279 g/mol. The van der Waals surface area contributed by atoms with E-state index in [2.05, 4.69) is 4.74 Å². The van der Waals surface area contributed by atoms with E-state index < -0.39 is 5.97 Å². The van der Waals surface area contributed by atoms with Crippen molar-refractivity contribution >= 4 is 17.9 Å². The fraction of sp³-hybridized carbons (Fsp3) is 0.429. The quantitative estimate of drug-likeness (QED) is 0.638. The van der Waals surface area contributed by atoms with E-state index in [1.807, 2.05) is 4.90 Å². The van der Waals surface area contributed by atoms with Crippen molar-refractivity contribution in [3.63, 3.8) is 0 Å². The summed E-state index contributed by atoms with van der Waals surface area (Å²) in [5, 5.41) is 9.14. The van der Waals surface area contributed by atoms with Gasteiger partial charge in [0.05, 0.1) is 32.0 Å². The first-order chi connectivity index (χ1) is 9.69. The van der Waals surface area contributed by atoms with Crippen molar-refractivity contribution in [3.05, 3.63) is 29.3 Å². The first-order valence-corrected chi connectivity index (χ1v) is 6.34. The molecule has 1 saturated heterocycles. The van der Waals surface area contributed by atoms with Gasteiger partial charge in [0.2, 0.25) is 0 Å². The lowest BCUT2D eigenvalue weighted by atomic mass is 10.1. The molecule has 0 saturated carbocycles. The zero-order valence-electron chi connectivity index (χ0n) is 11.2. The number of carbonyl (C=O) groups is 2. The third-order valence-electron chi connectivity index (χ3n) is 3.27. The first kappa shape index (κ1) is 14.5. The van der Waals surface area contributed by atoms with Crippen LogP contribution >= 0.6 is 0 Å². The number of aldehydes is 1. The van der Waals surface area contributed by atoms with Crippen molar-refractivity contribution in [2.75, 3.05) is 38.3 Å². The number of benzene rings is 1. The molecule has 0 aliphatic carbocycles. The molecule has 2 rings (SSSR count). The fourth-order valence-electron chi connectivity index (χ4n) is 2.20. The van der Waals surface area contributed by atoms with Crippen LogP contribution in [0.15, 0.2) is 18.2 Å². The Kier molecular flexibility index (Phi) is 4.70. The Morgan fingerprint density at radius 1 is 1.60 bits per heavy atom. The molecule has 1 heterocycles. The number of hydrogen-bond donors (Lipinski definition) is 1. The molecule has 1 aromatic rings. The minimum absolute atomic E-state index is 0.0444. The van der Waals surface area contributed by atoms with Crippen LogP contribution in [0.1, 0.15) is 20.7 Å². The zero-order chi connectivity index (χ0) is 14.5. The fourth-order valence-corrected chi connectivity index (χ4v) is 2.20. The maximum atomic E-state index is 11.5. The molecule has 0 bridgehead atoms. The molecular weight excluding hydrogens is 262 g/mol. The van der Waals surface area contributed by atoms with Gasteiger partial charge in [-0.1, -0.05) is 0 Å². The Morgan fingerprint density at radius 2 is 2.40 bits per heavy atom. The molecule has 0 unspecified atom stereocenters. The Morgan fingerprint density at radius 3 is 3.05 bits per heavy atom. The van der Waals surface area contributed by atoms with Gasteiger partial charge in [-0.3, -0.25) is 4.79 Å². The second-order valence-electron chi connectivity index (χ2n) is 4.50. The summed E-state index contributed by atoms with van der Waals surface area (Å²) in [6.45, 7) is 1.69. The first-order valence-electron chi connectivity index (χ1n) is 6.34. The van der Waals surface area contributed by atoms with Gasteiger partial charge in [0, 0.05) is 24.3 Å². The van der Waals surface area contributed by atoms with Crippen LogP contribution in [0.4, 0.5) is 5.69 Å². The predicted octanol–water partition coefficient (Wildman–Crippen LogP) is 0.483. The number of carbonyl (C=O) groups excluding carboxylic acids is 2. The molecule has 1 aliphatic heterocycles. The SMILES string of the molecule is COC(=O)c1ccc(N2CCO[C@@H](CO)C2)cc1C=O. The molecule has 0 radical (unpaired) electrons. The minimum Gasteiger partial charge on any atom is -0.465 e. The number of aliphatic hydroxyl groups is 1. The standard InChI is InChI=1S/C14H17NO5/c1-19-14(18)13-3-2-11(6-10(13)8-16)15-4-5-20-12(7-15)9-17/h2-3,6,8,12,17H,4-5,7,9H2,1H3/t12-/m1/s1. The van der Waals surface area contributed by atoms with Crippen molar-refractivity contribution in [2.24, 2.45) is 0 Å². The second kappa shape index (κ2) is 6.49. The Hall–Kier alpha value is -1.92. The highest BCUT2D eigenvalue weighted by Crippen LogP contribution is 2.21. The molecule has 108 valence electrons. The van der Waals surface area contributed by atoms with Crippen LogP contribution in [0.25, 0.3) is 0 Å². The molecule has 1 aromatic carbocycles. The number of nitrogens with zero attached hydrogens (tertiary/aromatic N) is 1. The van der Waals surface area contributed by atoms with Crippen LogP contribution in [0, 0.1) is 0 Å². The lowest BCUT2D eigenvalue weighted by Gasteiger charge is -2.33. The molecule has 20 heavy (non-hydrogen) atoms. The summed E-state index contributed by atoms with van der Waals surface area (Å²) in [6.07, 6.45) is 0.406. The third-order valence-corrected chi connectivity index (χ3v) is 3.27. The van der Waals surface area contributed by atoms with E-state index in [1.165, 1.54) is 7.11 Å². The van der Waals surface area contributed by atoms with Crippen LogP contribution in [0.3, 0.4) is 0 Å². The van der Waals surface area contributed by atoms with Crippen molar-refractivity contribution in [1.29, 1.82) is 0 Å². The normalized spacial score (nSPS) is 18.7. The number of methoxy groups -OCH3 is 1. The van der Waals surface area contributed by atoms with E-state index >= 15 is 0 Å². The van der Waals surface area contributed by atoms with Gasteiger partial charge in [-0.2, -0.15) is 0 Å². The molecule has 1 aliphatic rings. The van der Waals surface area contributed by atoms with Gasteiger partial charge in [-0.15, -0.1) is 0 Å². The van der Waals surface area contributed by atoms with Crippen molar-refractivity contribution in [2.45, 2.75) is 6.10 Å². The van der Waals surface area contributed by atoms with Crippen molar-refractivity contribution in [1.82, 2.24) is 0 Å². The van der Waals surface area contributed by atoms with E-state index in [-0.39, 0.29) is 18.3 Å². The van der Waals surface area contributed by atoms with Crippen LogP contribution < -0.4 is 4.90 Å². The van der Waals surface area contributed by atoms with Gasteiger partial charge >= 0.3 is 5.97 Å². The Bertz CT molecular complexity index is 502. The van der Waals surface area contributed by atoms with Crippen LogP contribution in [0.5, 0.6) is 0 Å². The Labute approximate surface area is 116 Å². The third kappa shape index (κ3) is 2.97. The molecule has 0 amide bonds. The van der Waals surface area contributed by atoms with Crippen LogP contribution in [-0.4, -0.2) is 56.9 Å². The lowest BCUT2D eigenvalue weighted by molar-refractivity contribution is 0.00356. The number of hydrogen-bond acceptors (Lipinski definition) is 6. The maximum absolute atomic E-state index is 11.5. The molecule has 0 aromatic heterocycles. The molecule has 6 heteroatoms. The van der Waals surface area contributed by atoms with Gasteiger partial charge in [0.1, 0.15) is 0 Å². The van der Waals surface area contributed by atoms with E-state index in [9.17, 15) is 9.59 Å². The van der Waals surface area contributed by atoms with Crippen molar-refractivity contribution in [3.8, 4) is 0 Å². The summed E-state index contributed by atoms with van der Waals surface area (Å²) in [6, 6.07) is 4.99. The predicted molar refractivity (Wildman–Crippen MR) is 72.2 cm³/mol. The highest BCUT2D eigenvalue weighted by Gasteiger charge is 2.21. The molecule has 1 fully saturated rings. The maximum Gasteiger partial charge on any atom is 0.338 e. The highest BCUT2D eigenvalue weighted by molar-refractivity contribution is 5.99. The minimum atomic E-state index is -0.533. The summed E-state index contributed by atoms with van der Waals surface area (Å²) in [4.78, 5) is 24.7. The summed E-state index contributed by atoms with van der Waals surface area (Å²) in [5.41, 5.74) is 1.36. The molecule has 6 nitrogen and oxygen atoms in total. The topological polar surface area (TPSA) is 76.1 Å². The number of morpholine rings is 1. The van der Waals surface area contributed by atoms with Crippen LogP contribution in [-0.2, 0) is 9.47 Å². The number of esters is 1. The number of anilines is 1. The van der Waals surface area contributed by atoms with E-state index in [0.717, 1.165) is 5.69 Å². The summed E-state index contributed by atoms with van der Waals surface area (Å²) < 4.78 is 10.0. The molecule has 1 atom stereocenters. The number of ether oxygens (including phenoxy) is 2. The van der Waals surface area contributed by atoms with Crippen LogP contribution in [0.2, 0.25) is 0 Å². The molecular formula is C14H17NO5. The average Bonchev–Trinajstić information content (AvgIpc) is 2.53. The van der Waals surface area contributed by atoms with Gasteiger partial charge in [-0.25, -0.2) is 4.79 Å². The smallest absolute Gasteiger partial charge is 0.338 e. The van der Waals surface area contributed by atoms with E-state index in [4.69, 9.17) is 9.84 Å². The van der Waals surface area contributed by atoms with Gasteiger partial charge < -0.3 is 19.5 Å². The second-order valence-corrected chi connectivity index (χ2v) is 4.50. The Balaban J connectivity index is 2.25. The largest absolute Gasteiger partial charge is 0.465 e. The lowest BCUT2D eigenvalue weighted by Crippen LogP contribution is -2.44. The van der Waals surface area contributed by atoms with Crippen molar-refractivity contribution < 1.29 is 24.2 Å². The van der Waals surface area contributed by atoms with E-state index in [0.29, 0.717) is 31.5 Å². The zero-order valence-corrected chi connectivity index (χ0v) is 11.2. The van der Waals surface area contributed by atoms with Gasteiger partial charge in [-0.05, 0) is 18.2 Å². The highest BCUT2D eigenvalue weighted by atomic mass is 16.5. The molecule has 1 N–H and O–H groups in total. The number of aliphatic hydroxyl groups excluding tert-OH is 1. The number of rotatable bonds is 4. The monoisotopic (exact) mass is 279 g/mol.